The lowest BCUT2D eigenvalue weighted by Crippen LogP contribution is -2.58. The highest BCUT2D eigenvalue weighted by Gasteiger charge is 2.35. The summed E-state index contributed by atoms with van der Waals surface area (Å²) in [4.78, 5) is 69.7. The Hall–Kier alpha value is -6.51. The van der Waals surface area contributed by atoms with Crippen LogP contribution in [0.25, 0.3) is 11.1 Å². The van der Waals surface area contributed by atoms with Crippen molar-refractivity contribution in [2.75, 3.05) is 33.9 Å². The minimum Gasteiger partial charge on any atom is -0.496 e. The van der Waals surface area contributed by atoms with Gasteiger partial charge in [0.05, 0.1) is 32.7 Å². The third-order valence-electron chi connectivity index (χ3n) is 8.10. The average molecular weight is 698 g/mol. The maximum Gasteiger partial charge on any atom is 0.358 e. The monoisotopic (exact) mass is 697 g/mol. The Morgan fingerprint density at radius 2 is 1.71 bits per heavy atom. The summed E-state index contributed by atoms with van der Waals surface area (Å²) in [6.07, 6.45) is 2.35. The number of benzene rings is 3. The lowest BCUT2D eigenvalue weighted by molar-refractivity contribution is -0.123. The van der Waals surface area contributed by atoms with Crippen LogP contribution in [-0.4, -0.2) is 96.2 Å². The highest BCUT2D eigenvalue weighted by molar-refractivity contribution is 5.97. The molecule has 0 spiro atoms. The molecule has 0 unspecified atom stereocenters. The molecular weight excluding hydrogens is 662 g/mol. The largest absolute Gasteiger partial charge is 0.496 e. The highest BCUT2D eigenvalue weighted by atomic mass is 16.5. The molecule has 6 bridgehead atoms. The number of fused-ring (bicyclic) bond motifs is 7. The first-order chi connectivity index (χ1) is 24.7. The second-order valence-electron chi connectivity index (χ2n) is 11.3. The highest BCUT2D eigenvalue weighted by Crippen LogP contribution is 2.33. The van der Waals surface area contributed by atoms with Gasteiger partial charge in [0.15, 0.2) is 12.3 Å². The lowest BCUT2D eigenvalue weighted by Gasteiger charge is -2.38. The van der Waals surface area contributed by atoms with Gasteiger partial charge >= 0.3 is 5.97 Å². The fourth-order valence-electron chi connectivity index (χ4n) is 5.55. The van der Waals surface area contributed by atoms with Crippen LogP contribution in [0.2, 0.25) is 0 Å². The maximum absolute atomic E-state index is 13.8. The third kappa shape index (κ3) is 8.94. The minimum atomic E-state index is -0.661. The van der Waals surface area contributed by atoms with Crippen molar-refractivity contribution in [3.63, 3.8) is 0 Å². The smallest absolute Gasteiger partial charge is 0.358 e. The van der Waals surface area contributed by atoms with Gasteiger partial charge in [0.1, 0.15) is 29.0 Å². The Balaban J connectivity index is 0.00000162. The van der Waals surface area contributed by atoms with Crippen LogP contribution in [0, 0.1) is 0 Å². The van der Waals surface area contributed by atoms with Crippen LogP contribution in [0.4, 0.5) is 0 Å². The van der Waals surface area contributed by atoms with Crippen LogP contribution in [0.1, 0.15) is 43.3 Å². The number of aromatic nitrogens is 2. The molecule has 7 rings (SSSR count). The van der Waals surface area contributed by atoms with Crippen molar-refractivity contribution in [1.29, 1.82) is 0 Å². The number of carboxylic acid groups (broad SMARTS) is 1. The van der Waals surface area contributed by atoms with Gasteiger partial charge in [-0.25, -0.2) is 14.8 Å². The van der Waals surface area contributed by atoms with Crippen molar-refractivity contribution in [1.82, 2.24) is 25.5 Å². The second kappa shape index (κ2) is 16.7. The molecule has 3 aliphatic rings. The Bertz CT molecular complexity index is 1880. The van der Waals surface area contributed by atoms with E-state index in [4.69, 9.17) is 24.1 Å². The molecule has 1 fully saturated rings. The fourth-order valence-corrected chi connectivity index (χ4v) is 5.55. The molecule has 1 saturated heterocycles. The molecule has 4 aromatic rings. The molecule has 0 radical (unpaired) electrons. The molecule has 264 valence electrons. The first-order valence-corrected chi connectivity index (χ1v) is 15.7. The number of rotatable bonds is 3. The zero-order valence-electron chi connectivity index (χ0n) is 27.7. The second-order valence-corrected chi connectivity index (χ2v) is 11.3. The molecule has 3 aromatic carbocycles. The SMILES string of the molecule is COC(=O)c1cnc(C(=O)N2CC[C@H]3Oc4ccc(cc4)CNC(=O)COc4cccc(c4)-c4cc(ccc4OC)C(=O)N[C@@H]3C2)cn1.O=CO. The molecule has 1 aromatic heterocycles. The van der Waals surface area contributed by atoms with Gasteiger partial charge in [0, 0.05) is 37.2 Å². The van der Waals surface area contributed by atoms with Crippen molar-refractivity contribution in [2.45, 2.75) is 25.1 Å². The summed E-state index contributed by atoms with van der Waals surface area (Å²) in [5, 5.41) is 12.8. The van der Waals surface area contributed by atoms with E-state index < -0.39 is 24.0 Å². The number of methoxy groups -OCH3 is 2. The molecule has 51 heavy (non-hydrogen) atoms. The number of carbonyl (C=O) groups excluding carboxylic acids is 4. The summed E-state index contributed by atoms with van der Waals surface area (Å²) in [5.74, 6) is -0.120. The maximum atomic E-state index is 13.8. The number of ether oxygens (including phenoxy) is 4. The van der Waals surface area contributed by atoms with E-state index in [1.54, 1.807) is 60.5 Å². The van der Waals surface area contributed by atoms with Gasteiger partial charge in [-0.05, 0) is 53.6 Å². The molecule has 4 heterocycles. The Kier molecular flexibility index (Phi) is 11.7. The van der Waals surface area contributed by atoms with E-state index in [1.807, 2.05) is 18.2 Å². The summed E-state index contributed by atoms with van der Waals surface area (Å²) >= 11 is 0. The number of likely N-dealkylation sites (tertiary alicyclic amines) is 1. The zero-order chi connectivity index (χ0) is 36.3. The number of nitrogens with one attached hydrogen (secondary N) is 2. The fraction of sp³-hybridized carbons (Fsp3) is 0.250. The summed E-state index contributed by atoms with van der Waals surface area (Å²) in [7, 11) is 2.78. The van der Waals surface area contributed by atoms with Gasteiger partial charge in [-0.2, -0.15) is 0 Å². The molecule has 2 atom stereocenters. The van der Waals surface area contributed by atoms with Gasteiger partial charge in [0.25, 0.3) is 24.2 Å². The summed E-state index contributed by atoms with van der Waals surface area (Å²) < 4.78 is 22.4. The molecule has 3 aliphatic heterocycles. The normalized spacial score (nSPS) is 17.0. The van der Waals surface area contributed by atoms with Crippen LogP contribution in [-0.2, 0) is 20.9 Å². The molecule has 0 saturated carbocycles. The molecule has 3 N–H and O–H groups in total. The van der Waals surface area contributed by atoms with E-state index in [9.17, 15) is 19.2 Å². The van der Waals surface area contributed by atoms with E-state index in [1.165, 1.54) is 19.5 Å². The van der Waals surface area contributed by atoms with E-state index in [-0.39, 0.29) is 42.8 Å². The average Bonchev–Trinajstić information content (AvgIpc) is 3.16. The van der Waals surface area contributed by atoms with E-state index in [0.717, 1.165) is 11.1 Å². The number of esters is 1. The summed E-state index contributed by atoms with van der Waals surface area (Å²) in [6.45, 7) is 0.334. The summed E-state index contributed by atoms with van der Waals surface area (Å²) in [6, 6.07) is 19.0. The quantitative estimate of drug-likeness (QED) is 0.210. The number of nitrogens with zero attached hydrogens (tertiary/aromatic N) is 3. The van der Waals surface area contributed by atoms with Crippen LogP contribution in [0.15, 0.2) is 79.1 Å². The van der Waals surface area contributed by atoms with Crippen molar-refractivity contribution in [3.8, 4) is 28.4 Å². The van der Waals surface area contributed by atoms with E-state index >= 15 is 0 Å². The number of carbonyl (C=O) groups is 5. The topological polar surface area (TPSA) is 196 Å². The Morgan fingerprint density at radius 1 is 0.961 bits per heavy atom. The van der Waals surface area contributed by atoms with Crippen molar-refractivity contribution in [2.24, 2.45) is 0 Å². The summed E-state index contributed by atoms with van der Waals surface area (Å²) in [5.41, 5.74) is 2.63. The molecule has 15 heteroatoms. The minimum absolute atomic E-state index is 0.0185. The van der Waals surface area contributed by atoms with Gasteiger partial charge in [-0.1, -0.05) is 24.3 Å². The van der Waals surface area contributed by atoms with Crippen molar-refractivity contribution in [3.05, 3.63) is 102 Å². The first kappa shape index (κ1) is 35.8. The number of amides is 3. The van der Waals surface area contributed by atoms with Gasteiger partial charge in [-0.3, -0.25) is 19.2 Å². The Labute approximate surface area is 292 Å². The third-order valence-corrected chi connectivity index (χ3v) is 8.10. The van der Waals surface area contributed by atoms with Gasteiger partial charge in [-0.15, -0.1) is 0 Å². The number of hydrogen-bond donors (Lipinski definition) is 3. The van der Waals surface area contributed by atoms with Crippen molar-refractivity contribution >= 4 is 30.2 Å². The first-order valence-electron chi connectivity index (χ1n) is 15.7. The molecular formula is C36H35N5O10. The van der Waals surface area contributed by atoms with E-state index in [0.29, 0.717) is 47.9 Å². The number of hydrogen-bond acceptors (Lipinski definition) is 11. The molecule has 0 aliphatic carbocycles. The van der Waals surface area contributed by atoms with Crippen LogP contribution >= 0.6 is 0 Å². The zero-order valence-corrected chi connectivity index (χ0v) is 27.7. The van der Waals surface area contributed by atoms with Crippen LogP contribution < -0.4 is 24.8 Å². The predicted octanol–water partition coefficient (Wildman–Crippen LogP) is 2.74. The predicted molar refractivity (Wildman–Crippen MR) is 180 cm³/mol. The van der Waals surface area contributed by atoms with Gasteiger partial charge in [0.2, 0.25) is 0 Å². The molecule has 15 nitrogen and oxygen atoms in total. The number of piperidine rings is 1. The molecule has 3 amide bonds. The Morgan fingerprint density at radius 3 is 2.41 bits per heavy atom. The van der Waals surface area contributed by atoms with Crippen molar-refractivity contribution < 1.29 is 48.0 Å². The standard InChI is InChI=1S/C35H33N5O8.CH2O2/c1-45-30-11-8-23-15-26(30)22-4-3-5-25(14-22)47-20-32(41)38-16-21-6-9-24(10-7-21)48-31-12-13-40(19-29(31)39-33(23)42)34(43)27-17-37-28(18-36-27)35(44)46-2;2-1-3/h3-11,14-15,17-18,29,31H,12-13,16,19-20H2,1-2H3,(H,38,41)(H,39,42);1H,(H,2,3)/t29-,31-;/m1./s1. The van der Waals surface area contributed by atoms with E-state index in [2.05, 4.69) is 25.3 Å². The lowest BCUT2D eigenvalue weighted by atomic mass is 9.99. The van der Waals surface area contributed by atoms with Crippen LogP contribution in [0.5, 0.6) is 17.2 Å². The van der Waals surface area contributed by atoms with Gasteiger partial charge < -0.3 is 39.6 Å². The van der Waals surface area contributed by atoms with Crippen LogP contribution in [0.3, 0.4) is 0 Å².